The predicted octanol–water partition coefficient (Wildman–Crippen LogP) is 2.32. The number of anilines is 2. The second kappa shape index (κ2) is 7.95. The SMILES string of the molecule is Fc1cnccc1CN1CCN(c2nccc(N3CCCCC3)n2)CC1. The molecule has 0 radical (unpaired) electrons. The van der Waals surface area contributed by atoms with Gasteiger partial charge in [0, 0.05) is 63.8 Å². The molecule has 0 aliphatic carbocycles. The average molecular weight is 356 g/mol. The molecule has 0 unspecified atom stereocenters. The van der Waals surface area contributed by atoms with Gasteiger partial charge in [-0.3, -0.25) is 9.88 Å². The lowest BCUT2D eigenvalue weighted by Gasteiger charge is -2.35. The Morgan fingerprint density at radius 3 is 2.46 bits per heavy atom. The van der Waals surface area contributed by atoms with Crippen LogP contribution in [0.2, 0.25) is 0 Å². The third-order valence-electron chi connectivity index (χ3n) is 5.21. The van der Waals surface area contributed by atoms with E-state index in [4.69, 9.17) is 4.98 Å². The van der Waals surface area contributed by atoms with Crippen molar-refractivity contribution in [2.75, 3.05) is 49.1 Å². The Hall–Kier alpha value is -2.28. The molecular formula is C19H25FN6. The lowest BCUT2D eigenvalue weighted by Crippen LogP contribution is -2.46. The quantitative estimate of drug-likeness (QED) is 0.838. The van der Waals surface area contributed by atoms with Crippen molar-refractivity contribution in [3.63, 3.8) is 0 Å². The molecule has 2 aromatic heterocycles. The van der Waals surface area contributed by atoms with Crippen LogP contribution in [-0.4, -0.2) is 59.1 Å². The van der Waals surface area contributed by atoms with E-state index in [1.165, 1.54) is 25.5 Å². The maximum atomic E-state index is 13.8. The summed E-state index contributed by atoms with van der Waals surface area (Å²) in [5.74, 6) is 1.62. The molecule has 0 N–H and O–H groups in total. The molecule has 6 nitrogen and oxygen atoms in total. The van der Waals surface area contributed by atoms with E-state index in [-0.39, 0.29) is 5.82 Å². The largest absolute Gasteiger partial charge is 0.356 e. The van der Waals surface area contributed by atoms with Crippen molar-refractivity contribution in [2.24, 2.45) is 0 Å². The van der Waals surface area contributed by atoms with Crippen molar-refractivity contribution in [3.05, 3.63) is 42.1 Å². The van der Waals surface area contributed by atoms with Crippen molar-refractivity contribution >= 4 is 11.8 Å². The molecule has 0 spiro atoms. The minimum absolute atomic E-state index is 0.229. The number of nitrogens with zero attached hydrogens (tertiary/aromatic N) is 6. The molecule has 0 bridgehead atoms. The molecule has 2 aliphatic heterocycles. The number of hydrogen-bond donors (Lipinski definition) is 0. The second-order valence-electron chi connectivity index (χ2n) is 6.99. The first-order valence-electron chi connectivity index (χ1n) is 9.43. The molecule has 2 aliphatic rings. The van der Waals surface area contributed by atoms with Gasteiger partial charge in [-0.25, -0.2) is 9.37 Å². The normalized spacial score (nSPS) is 19.0. The zero-order chi connectivity index (χ0) is 17.8. The van der Waals surface area contributed by atoms with E-state index < -0.39 is 0 Å². The number of pyridine rings is 1. The van der Waals surface area contributed by atoms with E-state index in [9.17, 15) is 4.39 Å². The van der Waals surface area contributed by atoms with Crippen LogP contribution in [0, 0.1) is 5.82 Å². The Kier molecular flexibility index (Phi) is 5.24. The number of piperazine rings is 1. The van der Waals surface area contributed by atoms with Crippen molar-refractivity contribution in [1.82, 2.24) is 19.9 Å². The molecule has 4 heterocycles. The minimum atomic E-state index is -0.229. The van der Waals surface area contributed by atoms with Gasteiger partial charge in [-0.15, -0.1) is 0 Å². The molecule has 0 aromatic carbocycles. The van der Waals surface area contributed by atoms with Crippen LogP contribution in [0.25, 0.3) is 0 Å². The molecule has 7 heteroatoms. The molecule has 4 rings (SSSR count). The number of halogens is 1. The van der Waals surface area contributed by atoms with Crippen LogP contribution >= 0.6 is 0 Å². The van der Waals surface area contributed by atoms with E-state index in [0.29, 0.717) is 12.1 Å². The molecule has 2 saturated heterocycles. The lowest BCUT2D eigenvalue weighted by atomic mass is 10.1. The summed E-state index contributed by atoms with van der Waals surface area (Å²) in [7, 11) is 0. The first-order chi connectivity index (χ1) is 12.8. The van der Waals surface area contributed by atoms with Crippen molar-refractivity contribution < 1.29 is 4.39 Å². The van der Waals surface area contributed by atoms with E-state index in [1.807, 2.05) is 12.3 Å². The monoisotopic (exact) mass is 356 g/mol. The van der Waals surface area contributed by atoms with Crippen LogP contribution in [-0.2, 0) is 6.54 Å². The number of piperidine rings is 1. The molecule has 138 valence electrons. The van der Waals surface area contributed by atoms with Gasteiger partial charge in [-0.1, -0.05) is 0 Å². The summed E-state index contributed by atoms with van der Waals surface area (Å²) in [6.45, 7) is 6.25. The van der Waals surface area contributed by atoms with Gasteiger partial charge in [0.15, 0.2) is 0 Å². The second-order valence-corrected chi connectivity index (χ2v) is 6.99. The summed E-state index contributed by atoms with van der Waals surface area (Å²) in [4.78, 5) is 19.9. The van der Waals surface area contributed by atoms with Crippen LogP contribution in [0.1, 0.15) is 24.8 Å². The van der Waals surface area contributed by atoms with E-state index in [0.717, 1.165) is 51.0 Å². The lowest BCUT2D eigenvalue weighted by molar-refractivity contribution is 0.245. The predicted molar refractivity (Wildman–Crippen MR) is 99.8 cm³/mol. The number of aromatic nitrogens is 3. The first kappa shape index (κ1) is 17.1. The topological polar surface area (TPSA) is 48.4 Å². The van der Waals surface area contributed by atoms with Gasteiger partial charge >= 0.3 is 0 Å². The van der Waals surface area contributed by atoms with E-state index >= 15 is 0 Å². The van der Waals surface area contributed by atoms with Gasteiger partial charge in [0.1, 0.15) is 11.6 Å². The highest BCUT2D eigenvalue weighted by Crippen LogP contribution is 2.20. The third-order valence-corrected chi connectivity index (χ3v) is 5.21. The smallest absolute Gasteiger partial charge is 0.227 e. The molecule has 0 atom stereocenters. The Labute approximate surface area is 153 Å². The summed E-state index contributed by atoms with van der Waals surface area (Å²) in [5, 5.41) is 0. The van der Waals surface area contributed by atoms with Crippen LogP contribution in [0.4, 0.5) is 16.2 Å². The zero-order valence-electron chi connectivity index (χ0n) is 15.0. The molecule has 2 aromatic rings. The molecular weight excluding hydrogens is 331 g/mol. The van der Waals surface area contributed by atoms with Gasteiger partial charge < -0.3 is 9.80 Å². The van der Waals surface area contributed by atoms with Crippen LogP contribution in [0.15, 0.2) is 30.7 Å². The molecule has 0 amide bonds. The Balaban J connectivity index is 1.36. The number of rotatable bonds is 4. The summed E-state index contributed by atoms with van der Waals surface area (Å²) >= 11 is 0. The Morgan fingerprint density at radius 1 is 0.885 bits per heavy atom. The standard InChI is InChI=1S/C19H25FN6/c20-17-14-21-6-4-16(17)15-24-10-12-26(13-11-24)19-22-7-5-18(23-19)25-8-2-1-3-9-25/h4-7,14H,1-3,8-13,15H2. The highest BCUT2D eigenvalue weighted by molar-refractivity contribution is 5.44. The maximum absolute atomic E-state index is 13.8. The van der Waals surface area contributed by atoms with Crippen LogP contribution < -0.4 is 9.80 Å². The fourth-order valence-electron chi connectivity index (χ4n) is 3.67. The molecule has 0 saturated carbocycles. The third kappa shape index (κ3) is 3.93. The van der Waals surface area contributed by atoms with Gasteiger partial charge in [0.2, 0.25) is 5.95 Å². The summed E-state index contributed by atoms with van der Waals surface area (Å²) in [5.41, 5.74) is 0.705. The number of hydrogen-bond acceptors (Lipinski definition) is 6. The van der Waals surface area contributed by atoms with Crippen LogP contribution in [0.3, 0.4) is 0 Å². The fraction of sp³-hybridized carbons (Fsp3) is 0.526. The summed E-state index contributed by atoms with van der Waals surface area (Å²) in [6.07, 6.45) is 8.59. The summed E-state index contributed by atoms with van der Waals surface area (Å²) < 4.78 is 13.8. The van der Waals surface area contributed by atoms with E-state index in [1.54, 1.807) is 12.3 Å². The molecule has 26 heavy (non-hydrogen) atoms. The highest BCUT2D eigenvalue weighted by Gasteiger charge is 2.21. The zero-order valence-corrected chi connectivity index (χ0v) is 15.0. The van der Waals surface area contributed by atoms with Crippen molar-refractivity contribution in [3.8, 4) is 0 Å². The van der Waals surface area contributed by atoms with Gasteiger partial charge in [0.25, 0.3) is 0 Å². The van der Waals surface area contributed by atoms with Gasteiger partial charge in [-0.05, 0) is 31.4 Å². The summed E-state index contributed by atoms with van der Waals surface area (Å²) in [6, 6.07) is 3.77. The molecule has 2 fully saturated rings. The van der Waals surface area contributed by atoms with E-state index in [2.05, 4.69) is 24.7 Å². The highest BCUT2D eigenvalue weighted by atomic mass is 19.1. The maximum Gasteiger partial charge on any atom is 0.227 e. The van der Waals surface area contributed by atoms with Gasteiger partial charge in [0.05, 0.1) is 6.20 Å². The van der Waals surface area contributed by atoms with Crippen LogP contribution in [0.5, 0.6) is 0 Å². The first-order valence-corrected chi connectivity index (χ1v) is 9.43. The van der Waals surface area contributed by atoms with Gasteiger partial charge in [-0.2, -0.15) is 4.98 Å². The van der Waals surface area contributed by atoms with Crippen molar-refractivity contribution in [2.45, 2.75) is 25.8 Å². The average Bonchev–Trinajstić information content (AvgIpc) is 2.71. The fourth-order valence-corrected chi connectivity index (χ4v) is 3.67. The van der Waals surface area contributed by atoms with Crippen molar-refractivity contribution in [1.29, 1.82) is 0 Å². The minimum Gasteiger partial charge on any atom is -0.356 e. The Bertz CT molecular complexity index is 725. The Morgan fingerprint density at radius 2 is 1.69 bits per heavy atom.